The summed E-state index contributed by atoms with van der Waals surface area (Å²) in [5.74, 6) is -0.0259. The number of aromatic nitrogens is 2. The Morgan fingerprint density at radius 3 is 2.68 bits per heavy atom. The van der Waals surface area contributed by atoms with Crippen LogP contribution >= 0.6 is 11.6 Å². The molecule has 1 atom stereocenters. The van der Waals surface area contributed by atoms with E-state index < -0.39 is 11.4 Å². The van der Waals surface area contributed by atoms with Crippen molar-refractivity contribution in [2.24, 2.45) is 11.3 Å². The number of anilines is 1. The van der Waals surface area contributed by atoms with E-state index in [0.717, 1.165) is 55.5 Å². The zero-order chi connectivity index (χ0) is 26.3. The van der Waals surface area contributed by atoms with Gasteiger partial charge in [0.05, 0.1) is 28.8 Å². The molecule has 0 unspecified atom stereocenters. The summed E-state index contributed by atoms with van der Waals surface area (Å²) in [7, 11) is 1.74. The second kappa shape index (κ2) is 13.0. The van der Waals surface area contributed by atoms with Gasteiger partial charge in [0.1, 0.15) is 0 Å². The second-order valence-corrected chi connectivity index (χ2v) is 10.9. The van der Waals surface area contributed by atoms with Crippen molar-refractivity contribution in [1.29, 1.82) is 5.26 Å². The van der Waals surface area contributed by atoms with Crippen LogP contribution in [0, 0.1) is 28.6 Å². The predicted octanol–water partition coefficient (Wildman–Crippen LogP) is 5.39. The first kappa shape index (κ1) is 27.7. The SMILES string of the molecule is COC[C@@H](C)NC1CCC(Cc2cc(-c3cnc(F)c(NCC4(C#N)CCOCC4)c3)c(Cl)cn2)CC1. The molecule has 1 aliphatic carbocycles. The maximum absolute atomic E-state index is 14.6. The van der Waals surface area contributed by atoms with Crippen LogP contribution < -0.4 is 10.6 Å². The average molecular weight is 530 g/mol. The summed E-state index contributed by atoms with van der Waals surface area (Å²) in [5.41, 5.74) is 2.18. The molecule has 0 radical (unpaired) electrons. The fourth-order valence-corrected chi connectivity index (χ4v) is 5.63. The monoisotopic (exact) mass is 529 g/mol. The lowest BCUT2D eigenvalue weighted by Crippen LogP contribution is -2.41. The molecule has 0 bridgehead atoms. The van der Waals surface area contributed by atoms with Crippen LogP contribution in [-0.2, 0) is 15.9 Å². The zero-order valence-corrected chi connectivity index (χ0v) is 22.5. The smallest absolute Gasteiger partial charge is 0.236 e. The predicted molar refractivity (Wildman–Crippen MR) is 143 cm³/mol. The van der Waals surface area contributed by atoms with Gasteiger partial charge in [0.15, 0.2) is 0 Å². The van der Waals surface area contributed by atoms with Gasteiger partial charge >= 0.3 is 0 Å². The van der Waals surface area contributed by atoms with E-state index in [1.807, 2.05) is 6.07 Å². The van der Waals surface area contributed by atoms with Gasteiger partial charge in [-0.25, -0.2) is 4.98 Å². The molecule has 0 aromatic carbocycles. The number of rotatable bonds is 10. The summed E-state index contributed by atoms with van der Waals surface area (Å²) in [6.07, 6.45) is 9.89. The second-order valence-electron chi connectivity index (χ2n) is 10.5. The fraction of sp³-hybridized carbons (Fsp3) is 0.607. The van der Waals surface area contributed by atoms with Crippen molar-refractivity contribution in [3.05, 3.63) is 41.2 Å². The lowest BCUT2D eigenvalue weighted by atomic mass is 9.81. The van der Waals surface area contributed by atoms with Gasteiger partial charge in [-0.2, -0.15) is 9.65 Å². The molecule has 7 nitrogen and oxygen atoms in total. The third-order valence-corrected chi connectivity index (χ3v) is 7.95. The van der Waals surface area contributed by atoms with Crippen molar-refractivity contribution >= 4 is 17.3 Å². The van der Waals surface area contributed by atoms with Gasteiger partial charge in [-0.3, -0.25) is 4.98 Å². The normalized spacial score (nSPS) is 22.2. The lowest BCUT2D eigenvalue weighted by Gasteiger charge is -2.31. The highest BCUT2D eigenvalue weighted by molar-refractivity contribution is 6.33. The summed E-state index contributed by atoms with van der Waals surface area (Å²) in [6, 6.07) is 7.02. The Kier molecular flexibility index (Phi) is 9.71. The van der Waals surface area contributed by atoms with Crippen molar-refractivity contribution < 1.29 is 13.9 Å². The third kappa shape index (κ3) is 7.38. The summed E-state index contributed by atoms with van der Waals surface area (Å²) in [4.78, 5) is 8.55. The standard InChI is InChI=1S/C28H37ClFN5O2/c1-19(16-36-2)35-22-5-3-20(4-6-22)11-23-13-24(25(29)15-32-23)21-12-26(27(30)33-14-21)34-18-28(17-31)7-9-37-10-8-28/h12-15,19-20,22,34-35H,3-11,16,18H2,1-2H3/t19-,20?,22?/m1/s1. The third-order valence-electron chi connectivity index (χ3n) is 7.65. The number of methoxy groups -OCH3 is 1. The van der Waals surface area contributed by atoms with Gasteiger partial charge in [-0.15, -0.1) is 0 Å². The van der Waals surface area contributed by atoms with Crippen molar-refractivity contribution in [3.63, 3.8) is 0 Å². The largest absolute Gasteiger partial charge is 0.383 e. The molecular formula is C28H37ClFN5O2. The molecule has 1 aliphatic heterocycles. The molecule has 3 heterocycles. The van der Waals surface area contributed by atoms with Crippen molar-refractivity contribution in [3.8, 4) is 17.2 Å². The van der Waals surface area contributed by atoms with E-state index in [0.29, 0.717) is 55.6 Å². The number of hydrogen-bond acceptors (Lipinski definition) is 7. The van der Waals surface area contributed by atoms with E-state index >= 15 is 0 Å². The molecule has 1 saturated heterocycles. The first-order valence-corrected chi connectivity index (χ1v) is 13.6. The Labute approximate surface area is 224 Å². The minimum Gasteiger partial charge on any atom is -0.383 e. The Bertz CT molecular complexity index is 1080. The molecule has 2 aromatic heterocycles. The molecule has 4 rings (SSSR count). The number of nitrogens with zero attached hydrogens (tertiary/aromatic N) is 3. The minimum atomic E-state index is -0.598. The van der Waals surface area contributed by atoms with Crippen LogP contribution in [0.1, 0.15) is 51.1 Å². The molecule has 2 aliphatic rings. The van der Waals surface area contributed by atoms with Gasteiger partial charge in [-0.05, 0) is 69.9 Å². The molecule has 2 N–H and O–H groups in total. The Morgan fingerprint density at radius 1 is 1.22 bits per heavy atom. The van der Waals surface area contributed by atoms with E-state index in [4.69, 9.17) is 21.1 Å². The van der Waals surface area contributed by atoms with Crippen molar-refractivity contribution in [2.75, 3.05) is 38.8 Å². The van der Waals surface area contributed by atoms with Crippen LogP contribution in [0.2, 0.25) is 5.02 Å². The highest BCUT2D eigenvalue weighted by atomic mass is 35.5. The van der Waals surface area contributed by atoms with Crippen LogP contribution in [0.5, 0.6) is 0 Å². The van der Waals surface area contributed by atoms with Gasteiger partial charge in [0.2, 0.25) is 5.95 Å². The number of pyridine rings is 2. The van der Waals surface area contributed by atoms with Crippen LogP contribution in [-0.4, -0.2) is 55.5 Å². The fourth-order valence-electron chi connectivity index (χ4n) is 5.42. The highest BCUT2D eigenvalue weighted by Gasteiger charge is 2.33. The van der Waals surface area contributed by atoms with E-state index in [9.17, 15) is 9.65 Å². The van der Waals surface area contributed by atoms with Crippen LogP contribution in [0.4, 0.5) is 10.1 Å². The number of ether oxygens (including phenoxy) is 2. The van der Waals surface area contributed by atoms with Crippen LogP contribution in [0.15, 0.2) is 24.5 Å². The summed E-state index contributed by atoms with van der Waals surface area (Å²) in [5, 5.41) is 17.0. The highest BCUT2D eigenvalue weighted by Crippen LogP contribution is 2.34. The molecule has 37 heavy (non-hydrogen) atoms. The first-order chi connectivity index (χ1) is 17.9. The Balaban J connectivity index is 1.41. The number of nitriles is 1. The maximum atomic E-state index is 14.6. The van der Waals surface area contributed by atoms with E-state index in [1.165, 1.54) is 6.20 Å². The summed E-state index contributed by atoms with van der Waals surface area (Å²) >= 11 is 6.52. The van der Waals surface area contributed by atoms with E-state index in [2.05, 4.69) is 33.6 Å². The molecular weight excluding hydrogens is 493 g/mol. The number of halogens is 2. The molecule has 0 amide bonds. The Morgan fingerprint density at radius 2 is 1.97 bits per heavy atom. The molecule has 200 valence electrons. The number of nitrogens with one attached hydrogen (secondary N) is 2. The number of hydrogen-bond donors (Lipinski definition) is 2. The molecule has 0 spiro atoms. The van der Waals surface area contributed by atoms with Gasteiger partial charge in [0, 0.05) is 68.2 Å². The van der Waals surface area contributed by atoms with Crippen molar-refractivity contribution in [2.45, 2.75) is 64.0 Å². The molecule has 2 fully saturated rings. The lowest BCUT2D eigenvalue weighted by molar-refractivity contribution is 0.0456. The minimum absolute atomic E-state index is 0.265. The summed E-state index contributed by atoms with van der Waals surface area (Å²) < 4.78 is 25.2. The topological polar surface area (TPSA) is 92.1 Å². The van der Waals surface area contributed by atoms with E-state index in [-0.39, 0.29) is 5.69 Å². The zero-order valence-electron chi connectivity index (χ0n) is 21.7. The van der Waals surface area contributed by atoms with E-state index in [1.54, 1.807) is 19.4 Å². The quantitative estimate of drug-likeness (QED) is 0.398. The van der Waals surface area contributed by atoms with Crippen LogP contribution in [0.3, 0.4) is 0 Å². The van der Waals surface area contributed by atoms with Crippen LogP contribution in [0.25, 0.3) is 11.1 Å². The Hall–Kier alpha value is -2.31. The van der Waals surface area contributed by atoms with Gasteiger partial charge < -0.3 is 20.1 Å². The molecule has 2 aromatic rings. The van der Waals surface area contributed by atoms with Crippen molar-refractivity contribution in [1.82, 2.24) is 15.3 Å². The molecule has 9 heteroatoms. The van der Waals surface area contributed by atoms with Gasteiger partial charge in [-0.1, -0.05) is 11.6 Å². The first-order valence-electron chi connectivity index (χ1n) is 13.2. The van der Waals surface area contributed by atoms with Gasteiger partial charge in [0.25, 0.3) is 0 Å². The summed E-state index contributed by atoms with van der Waals surface area (Å²) in [6.45, 7) is 4.30. The average Bonchev–Trinajstić information content (AvgIpc) is 2.91. The maximum Gasteiger partial charge on any atom is 0.236 e. The molecule has 1 saturated carbocycles.